The molecule has 5 nitrogen and oxygen atoms in total. The standard InChI is InChI=1S/C14H23N3O2/c1-3-4-5-10-6-8-11(9-7-10)13-12(14(18)19)15-16-17(13)2/h10-11H,3-9H2,1-2H3,(H,18,19). The first-order chi connectivity index (χ1) is 9.13. The SMILES string of the molecule is CCCCC1CCC(c2c(C(=O)O)nnn2C)CC1. The highest BCUT2D eigenvalue weighted by atomic mass is 16.4. The lowest BCUT2D eigenvalue weighted by Gasteiger charge is -2.28. The lowest BCUT2D eigenvalue weighted by Crippen LogP contribution is -2.18. The summed E-state index contributed by atoms with van der Waals surface area (Å²) >= 11 is 0. The number of unbranched alkanes of at least 4 members (excludes halogenated alkanes) is 1. The van der Waals surface area contributed by atoms with E-state index in [0.717, 1.165) is 24.5 Å². The van der Waals surface area contributed by atoms with E-state index in [0.29, 0.717) is 5.92 Å². The minimum absolute atomic E-state index is 0.138. The maximum atomic E-state index is 11.2. The van der Waals surface area contributed by atoms with Crippen LogP contribution in [0.25, 0.3) is 0 Å². The second-order valence-electron chi connectivity index (χ2n) is 5.61. The van der Waals surface area contributed by atoms with Crippen molar-refractivity contribution in [1.29, 1.82) is 0 Å². The first kappa shape index (κ1) is 14.0. The minimum Gasteiger partial charge on any atom is -0.476 e. The molecule has 0 saturated heterocycles. The maximum absolute atomic E-state index is 11.2. The number of carboxylic acid groups (broad SMARTS) is 1. The molecule has 5 heteroatoms. The van der Waals surface area contributed by atoms with Gasteiger partial charge >= 0.3 is 5.97 Å². The maximum Gasteiger partial charge on any atom is 0.358 e. The zero-order valence-corrected chi connectivity index (χ0v) is 11.8. The van der Waals surface area contributed by atoms with Gasteiger partial charge in [-0.2, -0.15) is 0 Å². The van der Waals surface area contributed by atoms with Crippen LogP contribution in [0.5, 0.6) is 0 Å². The molecule has 0 atom stereocenters. The van der Waals surface area contributed by atoms with Crippen molar-refractivity contribution < 1.29 is 9.90 Å². The van der Waals surface area contributed by atoms with Gasteiger partial charge in [-0.25, -0.2) is 4.79 Å². The molecule has 1 aliphatic rings. The fraction of sp³-hybridized carbons (Fsp3) is 0.786. The first-order valence-electron chi connectivity index (χ1n) is 7.26. The monoisotopic (exact) mass is 265 g/mol. The molecule has 1 aromatic rings. The molecule has 0 aliphatic heterocycles. The number of rotatable bonds is 5. The van der Waals surface area contributed by atoms with Crippen molar-refractivity contribution in [2.24, 2.45) is 13.0 Å². The number of carboxylic acids is 1. The van der Waals surface area contributed by atoms with E-state index in [-0.39, 0.29) is 5.69 Å². The highest BCUT2D eigenvalue weighted by Gasteiger charge is 2.29. The van der Waals surface area contributed by atoms with Crippen LogP contribution in [0.15, 0.2) is 0 Å². The molecule has 0 amide bonds. The Hall–Kier alpha value is -1.39. The van der Waals surface area contributed by atoms with E-state index < -0.39 is 5.97 Å². The summed E-state index contributed by atoms with van der Waals surface area (Å²) in [4.78, 5) is 11.2. The van der Waals surface area contributed by atoms with Crippen LogP contribution in [-0.2, 0) is 7.05 Å². The Kier molecular flexibility index (Phi) is 4.56. The van der Waals surface area contributed by atoms with Gasteiger partial charge in [0.05, 0.1) is 5.69 Å². The van der Waals surface area contributed by atoms with Gasteiger partial charge in [-0.15, -0.1) is 5.10 Å². The first-order valence-corrected chi connectivity index (χ1v) is 7.26. The van der Waals surface area contributed by atoms with Crippen LogP contribution in [0.4, 0.5) is 0 Å². The predicted octanol–water partition coefficient (Wildman–Crippen LogP) is 2.98. The van der Waals surface area contributed by atoms with Crippen LogP contribution >= 0.6 is 0 Å². The van der Waals surface area contributed by atoms with Gasteiger partial charge in [0.2, 0.25) is 0 Å². The molecule has 0 radical (unpaired) electrons. The van der Waals surface area contributed by atoms with E-state index in [4.69, 9.17) is 5.11 Å². The van der Waals surface area contributed by atoms with Crippen LogP contribution in [-0.4, -0.2) is 26.1 Å². The number of aromatic carboxylic acids is 1. The highest BCUT2D eigenvalue weighted by molar-refractivity contribution is 5.86. The molecule has 1 fully saturated rings. The smallest absolute Gasteiger partial charge is 0.358 e. The number of aryl methyl sites for hydroxylation is 1. The molecule has 1 N–H and O–H groups in total. The molecule has 1 aliphatic carbocycles. The molecular weight excluding hydrogens is 242 g/mol. The Bertz CT molecular complexity index is 434. The zero-order chi connectivity index (χ0) is 13.8. The molecule has 1 saturated carbocycles. The van der Waals surface area contributed by atoms with Gasteiger partial charge in [0.25, 0.3) is 0 Å². The van der Waals surface area contributed by atoms with Crippen molar-refractivity contribution in [3.8, 4) is 0 Å². The van der Waals surface area contributed by atoms with E-state index in [9.17, 15) is 4.79 Å². The van der Waals surface area contributed by atoms with E-state index in [1.807, 2.05) is 0 Å². The van der Waals surface area contributed by atoms with Crippen LogP contribution in [0.1, 0.15) is 74.0 Å². The number of nitrogens with zero attached hydrogens (tertiary/aromatic N) is 3. The fourth-order valence-corrected chi connectivity index (χ4v) is 3.19. The number of carbonyl (C=O) groups is 1. The van der Waals surface area contributed by atoms with Crippen molar-refractivity contribution in [3.05, 3.63) is 11.4 Å². The quantitative estimate of drug-likeness (QED) is 0.888. The molecule has 1 heterocycles. The molecule has 1 aromatic heterocycles. The average Bonchev–Trinajstić information content (AvgIpc) is 2.79. The molecule has 0 bridgehead atoms. The van der Waals surface area contributed by atoms with E-state index in [1.54, 1.807) is 11.7 Å². The third kappa shape index (κ3) is 3.14. The van der Waals surface area contributed by atoms with Crippen molar-refractivity contribution in [1.82, 2.24) is 15.0 Å². The summed E-state index contributed by atoms with van der Waals surface area (Å²) in [5, 5.41) is 16.8. The van der Waals surface area contributed by atoms with Gasteiger partial charge in [0.1, 0.15) is 0 Å². The molecule has 0 spiro atoms. The Morgan fingerprint density at radius 2 is 2.05 bits per heavy atom. The van der Waals surface area contributed by atoms with Gasteiger partial charge in [-0.1, -0.05) is 31.4 Å². The highest BCUT2D eigenvalue weighted by Crippen LogP contribution is 2.38. The Labute approximate surface area is 114 Å². The fourth-order valence-electron chi connectivity index (χ4n) is 3.19. The summed E-state index contributed by atoms with van der Waals surface area (Å²) in [6.45, 7) is 2.23. The lowest BCUT2D eigenvalue weighted by atomic mass is 9.78. The third-order valence-electron chi connectivity index (χ3n) is 4.27. The van der Waals surface area contributed by atoms with E-state index >= 15 is 0 Å². The van der Waals surface area contributed by atoms with Gasteiger partial charge < -0.3 is 5.11 Å². The predicted molar refractivity (Wildman–Crippen MR) is 72.2 cm³/mol. The normalized spacial score (nSPS) is 23.5. The van der Waals surface area contributed by atoms with Crippen molar-refractivity contribution in [3.63, 3.8) is 0 Å². The average molecular weight is 265 g/mol. The topological polar surface area (TPSA) is 68.0 Å². The summed E-state index contributed by atoms with van der Waals surface area (Å²) in [5.41, 5.74) is 0.945. The summed E-state index contributed by atoms with van der Waals surface area (Å²) in [6.07, 6.45) is 8.42. The molecule has 106 valence electrons. The summed E-state index contributed by atoms with van der Waals surface area (Å²) in [6, 6.07) is 0. The molecule has 2 rings (SSSR count). The van der Waals surface area contributed by atoms with Gasteiger partial charge in [0.15, 0.2) is 5.69 Å². The Balaban J connectivity index is 2.01. The molecule has 19 heavy (non-hydrogen) atoms. The summed E-state index contributed by atoms with van der Waals surface area (Å²) < 4.78 is 1.64. The van der Waals surface area contributed by atoms with Crippen LogP contribution < -0.4 is 0 Å². The largest absolute Gasteiger partial charge is 0.476 e. The minimum atomic E-state index is -0.962. The summed E-state index contributed by atoms with van der Waals surface area (Å²) in [5.74, 6) is 0.172. The van der Waals surface area contributed by atoms with Gasteiger partial charge in [-0.05, 0) is 31.6 Å². The second-order valence-corrected chi connectivity index (χ2v) is 5.61. The van der Waals surface area contributed by atoms with Crippen LogP contribution in [0, 0.1) is 5.92 Å². The number of aromatic nitrogens is 3. The van der Waals surface area contributed by atoms with Crippen LogP contribution in [0.2, 0.25) is 0 Å². The van der Waals surface area contributed by atoms with Crippen molar-refractivity contribution >= 4 is 5.97 Å². The van der Waals surface area contributed by atoms with E-state index in [2.05, 4.69) is 17.2 Å². The van der Waals surface area contributed by atoms with Gasteiger partial charge in [0, 0.05) is 13.0 Å². The second kappa shape index (κ2) is 6.17. The Morgan fingerprint density at radius 3 is 2.63 bits per heavy atom. The zero-order valence-electron chi connectivity index (χ0n) is 11.8. The third-order valence-corrected chi connectivity index (χ3v) is 4.27. The van der Waals surface area contributed by atoms with E-state index in [1.165, 1.54) is 32.1 Å². The molecular formula is C14H23N3O2. The molecule has 0 aromatic carbocycles. The van der Waals surface area contributed by atoms with Crippen molar-refractivity contribution in [2.45, 2.75) is 57.8 Å². The molecule has 0 unspecified atom stereocenters. The number of hydrogen-bond acceptors (Lipinski definition) is 3. The van der Waals surface area contributed by atoms with Crippen LogP contribution in [0.3, 0.4) is 0 Å². The summed E-state index contributed by atoms with van der Waals surface area (Å²) in [7, 11) is 1.79. The Morgan fingerprint density at radius 1 is 1.37 bits per heavy atom. The van der Waals surface area contributed by atoms with Gasteiger partial charge in [-0.3, -0.25) is 4.68 Å². The van der Waals surface area contributed by atoms with Crippen molar-refractivity contribution in [2.75, 3.05) is 0 Å². The lowest BCUT2D eigenvalue weighted by molar-refractivity contribution is 0.0688. The number of hydrogen-bond donors (Lipinski definition) is 1.